The van der Waals surface area contributed by atoms with Crippen LogP contribution in [-0.2, 0) is 26.3 Å². The Labute approximate surface area is 218 Å². The number of guanidine groups is 1. The van der Waals surface area contributed by atoms with Crippen LogP contribution in [0.15, 0.2) is 60.7 Å². The molecule has 0 radical (unpaired) electrons. The third kappa shape index (κ3) is 7.09. The lowest BCUT2D eigenvalue weighted by atomic mass is 9.82. The van der Waals surface area contributed by atoms with Gasteiger partial charge in [0.2, 0.25) is 5.91 Å². The van der Waals surface area contributed by atoms with Gasteiger partial charge in [-0.2, -0.15) is 0 Å². The summed E-state index contributed by atoms with van der Waals surface area (Å²) in [4.78, 5) is 39.6. The highest BCUT2D eigenvalue weighted by Gasteiger charge is 2.50. The Morgan fingerprint density at radius 2 is 1.70 bits per heavy atom. The zero-order valence-electron chi connectivity index (χ0n) is 21.8. The Hall–Kier alpha value is -3.88. The van der Waals surface area contributed by atoms with Crippen LogP contribution in [0.1, 0.15) is 44.2 Å². The zero-order chi connectivity index (χ0) is 26.8. The highest BCUT2D eigenvalue weighted by molar-refractivity contribution is 6.08. The highest BCUT2D eigenvalue weighted by Crippen LogP contribution is 2.35. The van der Waals surface area contributed by atoms with Crippen molar-refractivity contribution in [1.82, 2.24) is 20.9 Å². The van der Waals surface area contributed by atoms with Crippen molar-refractivity contribution in [2.24, 2.45) is 5.92 Å². The van der Waals surface area contributed by atoms with Gasteiger partial charge in [-0.1, -0.05) is 74.5 Å². The monoisotopic (exact) mass is 507 g/mol. The number of benzene rings is 2. The van der Waals surface area contributed by atoms with Crippen LogP contribution in [0.2, 0.25) is 0 Å². The fraction of sp³-hybridized carbons (Fsp3) is 0.429. The van der Waals surface area contributed by atoms with E-state index in [0.717, 1.165) is 11.1 Å². The van der Waals surface area contributed by atoms with Crippen LogP contribution < -0.4 is 16.0 Å². The van der Waals surface area contributed by atoms with E-state index in [4.69, 9.17) is 5.41 Å². The van der Waals surface area contributed by atoms with Gasteiger partial charge in [0.15, 0.2) is 5.96 Å². The lowest BCUT2D eigenvalue weighted by molar-refractivity contribution is -0.132. The summed E-state index contributed by atoms with van der Waals surface area (Å²) < 4.78 is 4.67. The first-order valence-electron chi connectivity index (χ1n) is 12.7. The Bertz CT molecular complexity index is 1080. The summed E-state index contributed by atoms with van der Waals surface area (Å²) >= 11 is 0. The second-order valence-corrected chi connectivity index (χ2v) is 9.68. The van der Waals surface area contributed by atoms with Crippen molar-refractivity contribution in [3.63, 3.8) is 0 Å². The molecule has 2 aromatic carbocycles. The molecule has 2 aromatic rings. The molecule has 3 rings (SSSR count). The van der Waals surface area contributed by atoms with Gasteiger partial charge in [0.25, 0.3) is 5.91 Å². The molecule has 1 aliphatic heterocycles. The highest BCUT2D eigenvalue weighted by atomic mass is 16.5. The topological polar surface area (TPSA) is 124 Å². The third-order valence-corrected chi connectivity index (χ3v) is 6.38. The Morgan fingerprint density at radius 3 is 2.32 bits per heavy atom. The number of hydrogen-bond donors (Lipinski definition) is 4. The summed E-state index contributed by atoms with van der Waals surface area (Å²) in [7, 11) is 1.26. The molecule has 3 amide bonds. The summed E-state index contributed by atoms with van der Waals surface area (Å²) in [5, 5.41) is 17.1. The molecule has 0 spiro atoms. The van der Waals surface area contributed by atoms with Crippen LogP contribution in [0.3, 0.4) is 0 Å². The Morgan fingerprint density at radius 1 is 1.05 bits per heavy atom. The predicted molar refractivity (Wildman–Crippen MR) is 142 cm³/mol. The quantitative estimate of drug-likeness (QED) is 0.329. The van der Waals surface area contributed by atoms with Gasteiger partial charge in [-0.05, 0) is 36.3 Å². The molecule has 4 N–H and O–H groups in total. The van der Waals surface area contributed by atoms with E-state index in [1.807, 2.05) is 60.7 Å². The van der Waals surface area contributed by atoms with Gasteiger partial charge >= 0.3 is 6.09 Å². The Kier molecular flexibility index (Phi) is 9.65. The van der Waals surface area contributed by atoms with Crippen LogP contribution in [0.5, 0.6) is 0 Å². The first-order valence-corrected chi connectivity index (χ1v) is 12.7. The smallest absolute Gasteiger partial charge is 0.407 e. The van der Waals surface area contributed by atoms with Crippen molar-refractivity contribution in [3.8, 4) is 0 Å². The SMILES string of the molecule is COC(=O)N[C@@H](Cc1ccccc1)C(=O)NCCCCN1C(=N)NC(CC(C)C)(c2ccccc2)C1=O. The van der Waals surface area contributed by atoms with Crippen molar-refractivity contribution >= 4 is 23.9 Å². The number of carbonyl (C=O) groups is 3. The minimum atomic E-state index is -0.940. The fourth-order valence-electron chi connectivity index (χ4n) is 4.65. The molecule has 1 heterocycles. The van der Waals surface area contributed by atoms with Gasteiger partial charge in [0.1, 0.15) is 11.6 Å². The number of hydrogen-bond acceptors (Lipinski definition) is 5. The number of methoxy groups -OCH3 is 1. The van der Waals surface area contributed by atoms with Crippen LogP contribution >= 0.6 is 0 Å². The molecule has 1 unspecified atom stereocenters. The molecule has 0 saturated carbocycles. The average Bonchev–Trinajstić information content (AvgIpc) is 3.13. The molecule has 198 valence electrons. The minimum Gasteiger partial charge on any atom is -0.453 e. The van der Waals surface area contributed by atoms with Gasteiger partial charge in [-0.25, -0.2) is 4.79 Å². The summed E-state index contributed by atoms with van der Waals surface area (Å²) in [6, 6.07) is 18.2. The maximum Gasteiger partial charge on any atom is 0.407 e. The second kappa shape index (κ2) is 12.9. The second-order valence-electron chi connectivity index (χ2n) is 9.68. The van der Waals surface area contributed by atoms with E-state index in [1.165, 1.54) is 12.0 Å². The fourth-order valence-corrected chi connectivity index (χ4v) is 4.65. The summed E-state index contributed by atoms with van der Waals surface area (Å²) in [5.41, 5.74) is 0.835. The van der Waals surface area contributed by atoms with Crippen molar-refractivity contribution in [2.45, 2.75) is 51.1 Å². The van der Waals surface area contributed by atoms with Crippen molar-refractivity contribution in [1.29, 1.82) is 5.41 Å². The third-order valence-electron chi connectivity index (χ3n) is 6.38. The number of alkyl carbamates (subject to hydrolysis) is 1. The molecular weight excluding hydrogens is 470 g/mol. The van der Waals surface area contributed by atoms with Gasteiger partial charge in [-0.15, -0.1) is 0 Å². The molecule has 1 fully saturated rings. The van der Waals surface area contributed by atoms with E-state index in [-0.39, 0.29) is 23.7 Å². The molecular formula is C28H37N5O4. The van der Waals surface area contributed by atoms with Crippen molar-refractivity contribution in [2.75, 3.05) is 20.2 Å². The molecule has 1 saturated heterocycles. The summed E-state index contributed by atoms with van der Waals surface area (Å²) in [6.07, 6.45) is 1.47. The number of rotatable bonds is 12. The summed E-state index contributed by atoms with van der Waals surface area (Å²) in [5.74, 6) is -0.0710. The molecule has 0 aromatic heterocycles. The largest absolute Gasteiger partial charge is 0.453 e. The Balaban J connectivity index is 1.54. The van der Waals surface area contributed by atoms with Crippen LogP contribution in [0, 0.1) is 11.3 Å². The van der Waals surface area contributed by atoms with Gasteiger partial charge in [0, 0.05) is 19.5 Å². The van der Waals surface area contributed by atoms with Gasteiger partial charge in [-0.3, -0.25) is 19.9 Å². The molecule has 2 atom stereocenters. The normalized spacial score (nSPS) is 17.9. The molecule has 0 bridgehead atoms. The maximum atomic E-state index is 13.5. The molecule has 1 aliphatic rings. The van der Waals surface area contributed by atoms with Crippen LogP contribution in [0.25, 0.3) is 0 Å². The molecule has 0 aliphatic carbocycles. The lowest BCUT2D eigenvalue weighted by Gasteiger charge is -2.29. The summed E-state index contributed by atoms with van der Waals surface area (Å²) in [6.45, 7) is 4.89. The van der Waals surface area contributed by atoms with E-state index in [1.54, 1.807) is 0 Å². The van der Waals surface area contributed by atoms with Crippen LogP contribution in [-0.4, -0.2) is 55.0 Å². The first-order chi connectivity index (χ1) is 17.8. The number of nitrogens with zero attached hydrogens (tertiary/aromatic N) is 1. The van der Waals surface area contributed by atoms with E-state index in [9.17, 15) is 14.4 Å². The van der Waals surface area contributed by atoms with E-state index in [2.05, 4.69) is 34.5 Å². The predicted octanol–water partition coefficient (Wildman–Crippen LogP) is 3.16. The van der Waals surface area contributed by atoms with Gasteiger partial charge < -0.3 is 20.7 Å². The van der Waals surface area contributed by atoms with E-state index in [0.29, 0.717) is 38.8 Å². The van der Waals surface area contributed by atoms with Gasteiger partial charge in [0.05, 0.1) is 7.11 Å². The number of unbranched alkanes of at least 4 members (excludes halogenated alkanes) is 1. The average molecular weight is 508 g/mol. The molecule has 37 heavy (non-hydrogen) atoms. The van der Waals surface area contributed by atoms with Crippen LogP contribution in [0.4, 0.5) is 4.79 Å². The minimum absolute atomic E-state index is 0.101. The van der Waals surface area contributed by atoms with E-state index < -0.39 is 17.7 Å². The number of nitrogens with one attached hydrogen (secondary N) is 4. The lowest BCUT2D eigenvalue weighted by Crippen LogP contribution is -2.48. The number of carbonyl (C=O) groups excluding carboxylic acids is 3. The van der Waals surface area contributed by atoms with E-state index >= 15 is 0 Å². The molecule has 9 nitrogen and oxygen atoms in total. The van der Waals surface area contributed by atoms with Crippen molar-refractivity contribution < 1.29 is 19.1 Å². The number of ether oxygens (including phenoxy) is 1. The van der Waals surface area contributed by atoms with Crippen molar-refractivity contribution in [3.05, 3.63) is 71.8 Å². The zero-order valence-corrected chi connectivity index (χ0v) is 21.8. The standard InChI is InChI=1S/C28H37N5O4/c1-20(2)19-28(22-14-8-5-9-15-22)25(35)33(26(29)32-28)17-11-10-16-30-24(34)23(31-27(36)37-3)18-21-12-6-4-7-13-21/h4-9,12-15,20,23H,10-11,16-19H2,1-3H3,(H2,29,32)(H,30,34)(H,31,36)/t23-,28?/m0/s1. The maximum absolute atomic E-state index is 13.5. The molecule has 9 heteroatoms. The first kappa shape index (κ1) is 27.7. The number of amides is 3.